The molecule has 34 heavy (non-hydrogen) atoms. The van der Waals surface area contributed by atoms with Crippen molar-refractivity contribution in [2.45, 2.75) is 13.0 Å². The molecule has 0 atom stereocenters. The Hall–Kier alpha value is -4.51. The summed E-state index contributed by atoms with van der Waals surface area (Å²) in [5, 5.41) is 12.7. The molecule has 6 nitrogen and oxygen atoms in total. The maximum atomic E-state index is 14.0. The van der Waals surface area contributed by atoms with Gasteiger partial charge in [-0.05, 0) is 60.0 Å². The number of benzene rings is 3. The third kappa shape index (κ3) is 6.04. The Bertz CT molecular complexity index is 1270. The fourth-order valence-electron chi connectivity index (χ4n) is 3.11. The predicted octanol–water partition coefficient (Wildman–Crippen LogP) is 4.92. The molecule has 0 aliphatic carbocycles. The van der Waals surface area contributed by atoms with Crippen LogP contribution >= 0.6 is 0 Å². The van der Waals surface area contributed by atoms with Crippen LogP contribution in [0.1, 0.15) is 32.6 Å². The fourth-order valence-corrected chi connectivity index (χ4v) is 3.11. The summed E-state index contributed by atoms with van der Waals surface area (Å²) in [6, 6.07) is 14.8. The quantitative estimate of drug-likeness (QED) is 0.279. The van der Waals surface area contributed by atoms with Crippen molar-refractivity contribution in [2.75, 3.05) is 7.11 Å². The van der Waals surface area contributed by atoms with Crippen LogP contribution in [-0.4, -0.2) is 19.2 Å². The largest absolute Gasteiger partial charge is 0.493 e. The highest BCUT2D eigenvalue weighted by atomic mass is 19.1. The van der Waals surface area contributed by atoms with Crippen LogP contribution in [0.25, 0.3) is 0 Å². The molecule has 8 heteroatoms. The lowest BCUT2D eigenvalue weighted by Gasteiger charge is -2.16. The van der Waals surface area contributed by atoms with Crippen molar-refractivity contribution in [3.8, 4) is 17.6 Å². The number of methoxy groups -OCH3 is 1. The van der Waals surface area contributed by atoms with E-state index < -0.39 is 11.7 Å². The molecule has 3 aromatic carbocycles. The van der Waals surface area contributed by atoms with Crippen LogP contribution in [0.3, 0.4) is 0 Å². The summed E-state index contributed by atoms with van der Waals surface area (Å²) in [5.74, 6) is -0.952. The van der Waals surface area contributed by atoms with E-state index in [9.17, 15) is 13.6 Å². The number of nitrogens with one attached hydrogen (secondary N) is 1. The van der Waals surface area contributed by atoms with Gasteiger partial charge in [-0.2, -0.15) is 10.4 Å². The van der Waals surface area contributed by atoms with Crippen LogP contribution in [0.15, 0.2) is 72.4 Å². The van der Waals surface area contributed by atoms with Crippen LogP contribution in [0.2, 0.25) is 0 Å². The molecule has 0 aromatic heterocycles. The molecule has 172 valence electrons. The SMILES string of the molecule is C=CCc1cc(C=NNC(=O)c2ccc(C#N)cc2F)cc(OC)c1OCc1ccc(F)cc1. The summed E-state index contributed by atoms with van der Waals surface area (Å²) >= 11 is 0. The minimum atomic E-state index is -0.815. The molecular weight excluding hydrogens is 440 g/mol. The van der Waals surface area contributed by atoms with E-state index in [2.05, 4.69) is 17.1 Å². The predicted molar refractivity (Wildman–Crippen MR) is 124 cm³/mol. The first-order chi connectivity index (χ1) is 16.4. The van der Waals surface area contributed by atoms with Crippen molar-refractivity contribution in [1.82, 2.24) is 5.43 Å². The number of nitrogens with zero attached hydrogens (tertiary/aromatic N) is 2. The van der Waals surface area contributed by atoms with E-state index >= 15 is 0 Å². The van der Waals surface area contributed by atoms with Crippen LogP contribution in [0, 0.1) is 23.0 Å². The van der Waals surface area contributed by atoms with E-state index in [1.54, 1.807) is 36.4 Å². The smallest absolute Gasteiger partial charge is 0.274 e. The lowest BCUT2D eigenvalue weighted by molar-refractivity contribution is 0.0951. The molecule has 0 radical (unpaired) electrons. The zero-order chi connectivity index (χ0) is 24.5. The van der Waals surface area contributed by atoms with Gasteiger partial charge in [-0.3, -0.25) is 4.79 Å². The van der Waals surface area contributed by atoms with Gasteiger partial charge in [-0.1, -0.05) is 18.2 Å². The highest BCUT2D eigenvalue weighted by Crippen LogP contribution is 2.34. The summed E-state index contributed by atoms with van der Waals surface area (Å²) in [5.41, 5.74) is 4.30. The molecule has 0 spiro atoms. The number of carbonyl (C=O) groups is 1. The van der Waals surface area contributed by atoms with Gasteiger partial charge in [0.1, 0.15) is 18.2 Å². The topological polar surface area (TPSA) is 83.7 Å². The molecular formula is C26H21F2N3O3. The molecule has 0 unspecified atom stereocenters. The van der Waals surface area contributed by atoms with Crippen LogP contribution < -0.4 is 14.9 Å². The molecule has 0 aliphatic heterocycles. The van der Waals surface area contributed by atoms with Gasteiger partial charge in [-0.25, -0.2) is 14.2 Å². The Morgan fingerprint density at radius 3 is 2.59 bits per heavy atom. The fraction of sp³-hybridized carbons (Fsp3) is 0.115. The molecule has 0 saturated heterocycles. The lowest BCUT2D eigenvalue weighted by Crippen LogP contribution is -2.19. The van der Waals surface area contributed by atoms with Gasteiger partial charge in [0.2, 0.25) is 0 Å². The van der Waals surface area contributed by atoms with E-state index in [4.69, 9.17) is 14.7 Å². The van der Waals surface area contributed by atoms with E-state index in [-0.39, 0.29) is 23.6 Å². The molecule has 0 heterocycles. The Labute approximate surface area is 195 Å². The number of carbonyl (C=O) groups excluding carboxylic acids is 1. The normalized spacial score (nSPS) is 10.5. The number of allylic oxidation sites excluding steroid dienone is 1. The summed E-state index contributed by atoms with van der Waals surface area (Å²) in [6.07, 6.45) is 3.56. The maximum Gasteiger partial charge on any atom is 0.274 e. The number of rotatable bonds is 9. The van der Waals surface area contributed by atoms with Crippen molar-refractivity contribution in [1.29, 1.82) is 5.26 Å². The van der Waals surface area contributed by atoms with Crippen LogP contribution in [-0.2, 0) is 13.0 Å². The van der Waals surface area contributed by atoms with Crippen molar-refractivity contribution < 1.29 is 23.0 Å². The number of halogens is 2. The van der Waals surface area contributed by atoms with E-state index in [0.29, 0.717) is 23.5 Å². The number of hydrogen-bond acceptors (Lipinski definition) is 5. The molecule has 0 saturated carbocycles. The first-order valence-electron chi connectivity index (χ1n) is 10.2. The zero-order valence-corrected chi connectivity index (χ0v) is 18.3. The van der Waals surface area contributed by atoms with Gasteiger partial charge in [0.25, 0.3) is 5.91 Å². The maximum absolute atomic E-state index is 14.0. The average Bonchev–Trinajstić information content (AvgIpc) is 2.84. The molecule has 1 N–H and O–H groups in total. The summed E-state index contributed by atoms with van der Waals surface area (Å²) in [4.78, 5) is 12.2. The van der Waals surface area contributed by atoms with Crippen LogP contribution in [0.4, 0.5) is 8.78 Å². The Kier molecular flexibility index (Phi) is 8.08. The van der Waals surface area contributed by atoms with Crippen molar-refractivity contribution >= 4 is 12.1 Å². The Morgan fingerprint density at radius 2 is 1.94 bits per heavy atom. The second kappa shape index (κ2) is 11.4. The first kappa shape index (κ1) is 24.1. The summed E-state index contributed by atoms with van der Waals surface area (Å²) in [7, 11) is 1.49. The van der Waals surface area contributed by atoms with Crippen molar-refractivity contribution in [3.63, 3.8) is 0 Å². The van der Waals surface area contributed by atoms with Gasteiger partial charge in [0.15, 0.2) is 11.5 Å². The molecule has 0 bridgehead atoms. The van der Waals surface area contributed by atoms with Crippen molar-refractivity contribution in [2.24, 2.45) is 5.10 Å². The number of ether oxygens (including phenoxy) is 2. The highest BCUT2D eigenvalue weighted by Gasteiger charge is 2.14. The van der Waals surface area contributed by atoms with Gasteiger partial charge in [0.05, 0.1) is 30.5 Å². The zero-order valence-electron chi connectivity index (χ0n) is 18.3. The number of nitriles is 1. The minimum absolute atomic E-state index is 0.112. The molecule has 0 fully saturated rings. The average molecular weight is 461 g/mol. The Balaban J connectivity index is 1.77. The number of amides is 1. The van der Waals surface area contributed by atoms with Gasteiger partial charge < -0.3 is 9.47 Å². The lowest BCUT2D eigenvalue weighted by atomic mass is 10.1. The molecule has 0 aliphatic rings. The number of hydrazone groups is 1. The van der Waals surface area contributed by atoms with Gasteiger partial charge in [0, 0.05) is 5.56 Å². The van der Waals surface area contributed by atoms with E-state index in [1.165, 1.54) is 37.6 Å². The molecule has 3 rings (SSSR count). The summed E-state index contributed by atoms with van der Waals surface area (Å²) < 4.78 is 38.6. The van der Waals surface area contributed by atoms with Gasteiger partial charge in [-0.15, -0.1) is 6.58 Å². The van der Waals surface area contributed by atoms with E-state index in [0.717, 1.165) is 17.2 Å². The minimum Gasteiger partial charge on any atom is -0.493 e. The highest BCUT2D eigenvalue weighted by molar-refractivity contribution is 5.95. The van der Waals surface area contributed by atoms with Gasteiger partial charge >= 0.3 is 0 Å². The first-order valence-corrected chi connectivity index (χ1v) is 10.2. The van der Waals surface area contributed by atoms with Crippen LogP contribution in [0.5, 0.6) is 11.5 Å². The molecule has 3 aromatic rings. The third-order valence-electron chi connectivity index (χ3n) is 4.76. The molecule has 1 amide bonds. The number of hydrogen-bond donors (Lipinski definition) is 1. The monoisotopic (exact) mass is 461 g/mol. The van der Waals surface area contributed by atoms with Crippen molar-refractivity contribution in [3.05, 3.63) is 107 Å². The third-order valence-corrected chi connectivity index (χ3v) is 4.76. The second-order valence-corrected chi connectivity index (χ2v) is 7.12. The second-order valence-electron chi connectivity index (χ2n) is 7.12. The Morgan fingerprint density at radius 1 is 1.18 bits per heavy atom. The standard InChI is InChI=1S/C26H21F2N3O3/c1-3-4-20-11-19(15-30-31-26(32)22-10-7-18(14-29)12-23(22)28)13-24(33-2)25(20)34-16-17-5-8-21(27)9-6-17/h3,5-13,15H,1,4,16H2,2H3,(H,31,32). The van der Waals surface area contributed by atoms with E-state index in [1.807, 2.05) is 0 Å². The summed E-state index contributed by atoms with van der Waals surface area (Å²) in [6.45, 7) is 3.97.